The fraction of sp³-hybridized carbons (Fsp3) is 0.231. The molecule has 0 aliphatic carbocycles. The lowest BCUT2D eigenvalue weighted by Crippen LogP contribution is -2.14. The molecule has 0 saturated heterocycles. The lowest BCUT2D eigenvalue weighted by Gasteiger charge is -2.13. The van der Waals surface area contributed by atoms with Crippen LogP contribution in [-0.2, 0) is 6.42 Å². The summed E-state index contributed by atoms with van der Waals surface area (Å²) < 4.78 is 5.99. The van der Waals surface area contributed by atoms with E-state index in [1.165, 1.54) is 6.33 Å². The molecule has 0 fully saturated rings. The van der Waals surface area contributed by atoms with Gasteiger partial charge in [-0.15, -0.1) is 0 Å². The van der Waals surface area contributed by atoms with Crippen LogP contribution in [0, 0.1) is 0 Å². The highest BCUT2D eigenvalue weighted by molar-refractivity contribution is 9.10. The zero-order valence-electron chi connectivity index (χ0n) is 10.3. The fourth-order valence-corrected chi connectivity index (χ4v) is 2.55. The second kappa shape index (κ2) is 6.32. The van der Waals surface area contributed by atoms with Crippen LogP contribution in [0.25, 0.3) is 0 Å². The standard InChI is InChI=1S/C13H13BrClN3O/c1-19-13-6-9(17-7-18-13)5-12(16)10-3-2-8(14)4-11(10)15/h2-4,6-7,12H,5,16H2,1H3. The summed E-state index contributed by atoms with van der Waals surface area (Å²) in [5.74, 6) is 0.527. The van der Waals surface area contributed by atoms with Gasteiger partial charge < -0.3 is 10.5 Å². The molecule has 1 heterocycles. The smallest absolute Gasteiger partial charge is 0.216 e. The Labute approximate surface area is 125 Å². The number of benzene rings is 1. The molecule has 0 spiro atoms. The van der Waals surface area contributed by atoms with E-state index < -0.39 is 0 Å². The highest BCUT2D eigenvalue weighted by Gasteiger charge is 2.12. The highest BCUT2D eigenvalue weighted by Crippen LogP contribution is 2.27. The summed E-state index contributed by atoms with van der Waals surface area (Å²) in [7, 11) is 1.57. The first-order chi connectivity index (χ1) is 9.10. The molecule has 2 N–H and O–H groups in total. The summed E-state index contributed by atoms with van der Waals surface area (Å²) in [6, 6.07) is 7.21. The molecule has 1 aromatic heterocycles. The number of nitrogens with two attached hydrogens (primary N) is 1. The monoisotopic (exact) mass is 341 g/mol. The lowest BCUT2D eigenvalue weighted by atomic mass is 10.0. The Bertz CT molecular complexity index is 580. The largest absolute Gasteiger partial charge is 0.481 e. The van der Waals surface area contributed by atoms with Crippen LogP contribution in [0.3, 0.4) is 0 Å². The van der Waals surface area contributed by atoms with Crippen LogP contribution < -0.4 is 10.5 Å². The third-order valence-corrected chi connectivity index (χ3v) is 3.52. The molecule has 6 heteroatoms. The molecule has 1 atom stereocenters. The Morgan fingerprint density at radius 1 is 1.37 bits per heavy atom. The van der Waals surface area contributed by atoms with Gasteiger partial charge in [0.05, 0.1) is 7.11 Å². The van der Waals surface area contributed by atoms with E-state index in [4.69, 9.17) is 22.1 Å². The van der Waals surface area contributed by atoms with Crippen LogP contribution in [0.1, 0.15) is 17.3 Å². The van der Waals surface area contributed by atoms with Crippen LogP contribution in [0.15, 0.2) is 35.1 Å². The van der Waals surface area contributed by atoms with Gasteiger partial charge >= 0.3 is 0 Å². The topological polar surface area (TPSA) is 61.0 Å². The van der Waals surface area contributed by atoms with Crippen molar-refractivity contribution in [3.63, 3.8) is 0 Å². The van der Waals surface area contributed by atoms with Gasteiger partial charge in [-0.3, -0.25) is 0 Å². The third-order valence-electron chi connectivity index (χ3n) is 2.70. The maximum atomic E-state index is 6.18. The maximum Gasteiger partial charge on any atom is 0.216 e. The SMILES string of the molecule is COc1cc(CC(N)c2ccc(Br)cc2Cl)ncn1. The number of methoxy groups -OCH3 is 1. The van der Waals surface area contributed by atoms with Crippen molar-refractivity contribution in [1.29, 1.82) is 0 Å². The Balaban J connectivity index is 2.17. The van der Waals surface area contributed by atoms with Crippen molar-refractivity contribution < 1.29 is 4.74 Å². The molecule has 1 aromatic carbocycles. The van der Waals surface area contributed by atoms with Gasteiger partial charge in [0.2, 0.25) is 5.88 Å². The van der Waals surface area contributed by atoms with Crippen LogP contribution in [-0.4, -0.2) is 17.1 Å². The second-order valence-corrected chi connectivity index (χ2v) is 5.35. The van der Waals surface area contributed by atoms with Gasteiger partial charge in [-0.1, -0.05) is 33.6 Å². The van der Waals surface area contributed by atoms with Gasteiger partial charge in [0.25, 0.3) is 0 Å². The number of ether oxygens (including phenoxy) is 1. The Hall–Kier alpha value is -1.17. The van der Waals surface area contributed by atoms with Crippen molar-refractivity contribution >= 4 is 27.5 Å². The van der Waals surface area contributed by atoms with E-state index in [1.54, 1.807) is 13.2 Å². The minimum absolute atomic E-state index is 0.222. The second-order valence-electron chi connectivity index (χ2n) is 4.03. The molecule has 4 nitrogen and oxygen atoms in total. The molecule has 0 amide bonds. The van der Waals surface area contributed by atoms with Gasteiger partial charge in [-0.2, -0.15) is 0 Å². The summed E-state index contributed by atoms with van der Waals surface area (Å²) in [4.78, 5) is 8.14. The molecular weight excluding hydrogens is 330 g/mol. The minimum Gasteiger partial charge on any atom is -0.481 e. The molecule has 2 aromatic rings. The third kappa shape index (κ3) is 3.65. The van der Waals surface area contributed by atoms with Gasteiger partial charge in [0.1, 0.15) is 6.33 Å². The predicted octanol–water partition coefficient (Wildman–Crippen LogP) is 3.14. The zero-order chi connectivity index (χ0) is 13.8. The van der Waals surface area contributed by atoms with E-state index in [2.05, 4.69) is 25.9 Å². The van der Waals surface area contributed by atoms with Crippen LogP contribution in [0.5, 0.6) is 5.88 Å². The van der Waals surface area contributed by atoms with Crippen molar-refractivity contribution in [3.05, 3.63) is 51.3 Å². The first-order valence-electron chi connectivity index (χ1n) is 5.65. The first kappa shape index (κ1) is 14.2. The van der Waals surface area contributed by atoms with E-state index in [0.29, 0.717) is 17.3 Å². The number of hydrogen-bond donors (Lipinski definition) is 1. The predicted molar refractivity (Wildman–Crippen MR) is 78.4 cm³/mol. The molecule has 0 radical (unpaired) electrons. The van der Waals surface area contributed by atoms with E-state index in [9.17, 15) is 0 Å². The van der Waals surface area contributed by atoms with Crippen LogP contribution in [0.4, 0.5) is 0 Å². The van der Waals surface area contributed by atoms with E-state index in [-0.39, 0.29) is 6.04 Å². The zero-order valence-corrected chi connectivity index (χ0v) is 12.6. The summed E-state index contributed by atoms with van der Waals surface area (Å²) in [5.41, 5.74) is 7.88. The highest BCUT2D eigenvalue weighted by atomic mass is 79.9. The average molecular weight is 343 g/mol. The van der Waals surface area contributed by atoms with Crippen molar-refractivity contribution in [1.82, 2.24) is 9.97 Å². The molecule has 19 heavy (non-hydrogen) atoms. The average Bonchev–Trinajstić information content (AvgIpc) is 2.38. The molecule has 0 bridgehead atoms. The molecule has 0 saturated carbocycles. The van der Waals surface area contributed by atoms with Gasteiger partial charge in [-0.05, 0) is 17.7 Å². The minimum atomic E-state index is -0.222. The molecule has 2 rings (SSSR count). The molecule has 100 valence electrons. The van der Waals surface area contributed by atoms with Crippen molar-refractivity contribution in [2.24, 2.45) is 5.73 Å². The van der Waals surface area contributed by atoms with E-state index >= 15 is 0 Å². The number of halogens is 2. The van der Waals surface area contributed by atoms with Crippen LogP contribution in [0.2, 0.25) is 5.02 Å². The van der Waals surface area contributed by atoms with Crippen LogP contribution >= 0.6 is 27.5 Å². The van der Waals surface area contributed by atoms with Crippen molar-refractivity contribution in [3.8, 4) is 5.88 Å². The number of rotatable bonds is 4. The normalized spacial score (nSPS) is 12.2. The summed E-state index contributed by atoms with van der Waals surface area (Å²) in [6.45, 7) is 0. The number of hydrogen-bond acceptors (Lipinski definition) is 4. The molecular formula is C13H13BrClN3O. The van der Waals surface area contributed by atoms with Crippen molar-refractivity contribution in [2.45, 2.75) is 12.5 Å². The van der Waals surface area contributed by atoms with E-state index in [1.807, 2.05) is 18.2 Å². The van der Waals surface area contributed by atoms with Gasteiger partial charge in [-0.25, -0.2) is 9.97 Å². The Kier molecular flexibility index (Phi) is 4.74. The summed E-state index contributed by atoms with van der Waals surface area (Å²) in [5, 5.41) is 0.642. The van der Waals surface area contributed by atoms with Gasteiger partial charge in [0, 0.05) is 33.7 Å². The quantitative estimate of drug-likeness (QED) is 0.927. The fourth-order valence-electron chi connectivity index (χ4n) is 1.74. The van der Waals surface area contributed by atoms with Gasteiger partial charge in [0.15, 0.2) is 0 Å². The van der Waals surface area contributed by atoms with Crippen molar-refractivity contribution in [2.75, 3.05) is 7.11 Å². The number of aromatic nitrogens is 2. The molecule has 0 aliphatic heterocycles. The Morgan fingerprint density at radius 2 is 2.16 bits per heavy atom. The maximum absolute atomic E-state index is 6.18. The molecule has 0 aliphatic rings. The van der Waals surface area contributed by atoms with E-state index in [0.717, 1.165) is 15.7 Å². The summed E-state index contributed by atoms with van der Waals surface area (Å²) >= 11 is 9.55. The molecule has 1 unspecified atom stereocenters. The lowest BCUT2D eigenvalue weighted by molar-refractivity contribution is 0.395. The summed E-state index contributed by atoms with van der Waals surface area (Å²) in [6.07, 6.45) is 2.03. The number of nitrogens with zero attached hydrogens (tertiary/aromatic N) is 2. The first-order valence-corrected chi connectivity index (χ1v) is 6.82. The Morgan fingerprint density at radius 3 is 2.84 bits per heavy atom.